The van der Waals surface area contributed by atoms with E-state index in [9.17, 15) is 9.59 Å². The fraction of sp³-hybridized carbons (Fsp3) is 0.273. The van der Waals surface area contributed by atoms with Crippen LogP contribution in [0.5, 0.6) is 0 Å². The largest absolute Gasteiger partial charge is 0.349 e. The smallest absolute Gasteiger partial charge is 0.217 e. The number of carbonyl (C=O) groups excluding carboxylic acids is 2. The average molecular weight is 191 g/mol. The number of hydrogen-bond donors (Lipinski definition) is 1. The minimum Gasteiger partial charge on any atom is -0.349 e. The number of benzene rings is 1. The second-order valence-corrected chi connectivity index (χ2v) is 3.07. The molecular weight excluding hydrogens is 178 g/mol. The van der Waals surface area contributed by atoms with Crippen LogP contribution >= 0.6 is 0 Å². The monoisotopic (exact) mass is 191 g/mol. The van der Waals surface area contributed by atoms with E-state index in [-0.39, 0.29) is 11.9 Å². The molecule has 0 radical (unpaired) electrons. The van der Waals surface area contributed by atoms with Crippen molar-refractivity contribution in [2.75, 3.05) is 0 Å². The summed E-state index contributed by atoms with van der Waals surface area (Å²) in [4.78, 5) is 21.3. The highest BCUT2D eigenvalue weighted by Crippen LogP contribution is 2.14. The maximum Gasteiger partial charge on any atom is 0.217 e. The van der Waals surface area contributed by atoms with Gasteiger partial charge in [-0.15, -0.1) is 0 Å². The fourth-order valence-electron chi connectivity index (χ4n) is 1.31. The minimum atomic E-state index is -0.203. The van der Waals surface area contributed by atoms with Crippen LogP contribution in [0.2, 0.25) is 0 Å². The van der Waals surface area contributed by atoms with Crippen molar-refractivity contribution in [1.29, 1.82) is 0 Å². The summed E-state index contributed by atoms with van der Waals surface area (Å²) >= 11 is 0. The molecule has 14 heavy (non-hydrogen) atoms. The number of hydrogen-bond acceptors (Lipinski definition) is 2. The molecular formula is C11H13NO2. The maximum absolute atomic E-state index is 10.9. The van der Waals surface area contributed by atoms with Gasteiger partial charge < -0.3 is 10.1 Å². The lowest BCUT2D eigenvalue weighted by Crippen LogP contribution is -2.26. The summed E-state index contributed by atoms with van der Waals surface area (Å²) < 4.78 is 0. The Morgan fingerprint density at radius 1 is 1.43 bits per heavy atom. The normalized spacial score (nSPS) is 11.8. The molecule has 1 aromatic rings. The van der Waals surface area contributed by atoms with Crippen molar-refractivity contribution >= 4 is 12.2 Å². The SMILES string of the molecule is CC(=O)NC(CC=O)c1ccccc1. The molecule has 1 N–H and O–H groups in total. The number of rotatable bonds is 4. The van der Waals surface area contributed by atoms with E-state index >= 15 is 0 Å². The predicted molar refractivity (Wildman–Crippen MR) is 53.7 cm³/mol. The van der Waals surface area contributed by atoms with E-state index in [4.69, 9.17) is 0 Å². The Kier molecular flexibility index (Phi) is 3.85. The van der Waals surface area contributed by atoms with Crippen molar-refractivity contribution in [3.8, 4) is 0 Å². The molecule has 0 saturated carbocycles. The molecule has 0 saturated heterocycles. The summed E-state index contributed by atoms with van der Waals surface area (Å²) in [5.74, 6) is -0.124. The third kappa shape index (κ3) is 3.01. The third-order valence-electron chi connectivity index (χ3n) is 1.91. The van der Waals surface area contributed by atoms with Gasteiger partial charge in [0, 0.05) is 13.3 Å². The van der Waals surface area contributed by atoms with Crippen molar-refractivity contribution in [2.24, 2.45) is 0 Å². The van der Waals surface area contributed by atoms with Crippen LogP contribution in [-0.2, 0) is 9.59 Å². The lowest BCUT2D eigenvalue weighted by molar-refractivity contribution is -0.119. The summed E-state index contributed by atoms with van der Waals surface area (Å²) in [7, 11) is 0. The van der Waals surface area contributed by atoms with Gasteiger partial charge in [0.1, 0.15) is 6.29 Å². The van der Waals surface area contributed by atoms with Crippen LogP contribution in [0, 0.1) is 0 Å². The van der Waals surface area contributed by atoms with Crippen LogP contribution in [0.3, 0.4) is 0 Å². The molecule has 1 atom stereocenters. The van der Waals surface area contributed by atoms with Gasteiger partial charge in [-0.1, -0.05) is 30.3 Å². The highest BCUT2D eigenvalue weighted by Gasteiger charge is 2.10. The Labute approximate surface area is 83.1 Å². The van der Waals surface area contributed by atoms with E-state index in [0.717, 1.165) is 11.8 Å². The molecule has 0 aromatic heterocycles. The molecule has 1 unspecified atom stereocenters. The zero-order chi connectivity index (χ0) is 10.4. The Morgan fingerprint density at radius 3 is 2.57 bits per heavy atom. The second kappa shape index (κ2) is 5.17. The topological polar surface area (TPSA) is 46.2 Å². The minimum absolute atomic E-state index is 0.124. The Hall–Kier alpha value is -1.64. The molecule has 0 aliphatic carbocycles. The number of aldehydes is 1. The van der Waals surface area contributed by atoms with Crippen molar-refractivity contribution in [2.45, 2.75) is 19.4 Å². The Bertz CT molecular complexity index is 308. The van der Waals surface area contributed by atoms with Crippen LogP contribution in [-0.4, -0.2) is 12.2 Å². The van der Waals surface area contributed by atoms with Gasteiger partial charge in [0.25, 0.3) is 0 Å². The first-order valence-electron chi connectivity index (χ1n) is 4.49. The molecule has 0 spiro atoms. The molecule has 3 nitrogen and oxygen atoms in total. The molecule has 1 aromatic carbocycles. The van der Waals surface area contributed by atoms with Crippen LogP contribution in [0.1, 0.15) is 24.9 Å². The van der Waals surface area contributed by atoms with Crippen molar-refractivity contribution in [3.63, 3.8) is 0 Å². The van der Waals surface area contributed by atoms with E-state index < -0.39 is 0 Å². The van der Waals surface area contributed by atoms with Gasteiger partial charge in [0.15, 0.2) is 0 Å². The van der Waals surface area contributed by atoms with Gasteiger partial charge in [-0.05, 0) is 5.56 Å². The maximum atomic E-state index is 10.9. The molecule has 1 rings (SSSR count). The molecule has 0 aliphatic rings. The quantitative estimate of drug-likeness (QED) is 0.732. The predicted octanol–water partition coefficient (Wildman–Crippen LogP) is 1.45. The van der Waals surface area contributed by atoms with E-state index in [2.05, 4.69) is 5.32 Å². The van der Waals surface area contributed by atoms with Crippen LogP contribution in [0.15, 0.2) is 30.3 Å². The average Bonchev–Trinajstić information content (AvgIpc) is 2.18. The van der Waals surface area contributed by atoms with Crippen LogP contribution in [0.4, 0.5) is 0 Å². The molecule has 0 aliphatic heterocycles. The summed E-state index contributed by atoms with van der Waals surface area (Å²) in [6, 6.07) is 9.25. The molecule has 3 heteroatoms. The third-order valence-corrected chi connectivity index (χ3v) is 1.91. The van der Waals surface area contributed by atoms with Crippen molar-refractivity contribution in [1.82, 2.24) is 5.32 Å². The Morgan fingerprint density at radius 2 is 2.07 bits per heavy atom. The number of nitrogens with one attached hydrogen (secondary N) is 1. The van der Waals surface area contributed by atoms with Gasteiger partial charge in [0.2, 0.25) is 5.91 Å². The first-order chi connectivity index (χ1) is 6.74. The molecule has 1 amide bonds. The van der Waals surface area contributed by atoms with Gasteiger partial charge in [-0.2, -0.15) is 0 Å². The first kappa shape index (κ1) is 10.4. The van der Waals surface area contributed by atoms with E-state index in [0.29, 0.717) is 6.42 Å². The highest BCUT2D eigenvalue weighted by molar-refractivity contribution is 5.74. The lowest BCUT2D eigenvalue weighted by Gasteiger charge is -2.15. The molecule has 0 heterocycles. The van der Waals surface area contributed by atoms with E-state index in [1.165, 1.54) is 6.92 Å². The summed E-state index contributed by atoms with van der Waals surface area (Å²) in [6.45, 7) is 1.45. The Balaban J connectivity index is 2.77. The van der Waals surface area contributed by atoms with Crippen molar-refractivity contribution in [3.05, 3.63) is 35.9 Å². The molecule has 0 fully saturated rings. The highest BCUT2D eigenvalue weighted by atomic mass is 16.1. The van der Waals surface area contributed by atoms with Gasteiger partial charge >= 0.3 is 0 Å². The standard InChI is InChI=1S/C11H13NO2/c1-9(14)12-11(7-8-13)10-5-3-2-4-6-10/h2-6,8,11H,7H2,1H3,(H,12,14). The van der Waals surface area contributed by atoms with Gasteiger partial charge in [0.05, 0.1) is 6.04 Å². The lowest BCUT2D eigenvalue weighted by atomic mass is 10.0. The summed E-state index contributed by atoms with van der Waals surface area (Å²) in [6.07, 6.45) is 1.12. The first-order valence-corrected chi connectivity index (χ1v) is 4.49. The fourth-order valence-corrected chi connectivity index (χ4v) is 1.31. The summed E-state index contributed by atoms with van der Waals surface area (Å²) in [5.41, 5.74) is 0.954. The van der Waals surface area contributed by atoms with Crippen LogP contribution in [0.25, 0.3) is 0 Å². The van der Waals surface area contributed by atoms with Gasteiger partial charge in [-0.25, -0.2) is 0 Å². The zero-order valence-corrected chi connectivity index (χ0v) is 8.07. The van der Waals surface area contributed by atoms with E-state index in [1.807, 2.05) is 30.3 Å². The van der Waals surface area contributed by atoms with Gasteiger partial charge in [-0.3, -0.25) is 4.79 Å². The number of carbonyl (C=O) groups is 2. The zero-order valence-electron chi connectivity index (χ0n) is 8.07. The molecule has 74 valence electrons. The number of amides is 1. The van der Waals surface area contributed by atoms with Crippen molar-refractivity contribution < 1.29 is 9.59 Å². The second-order valence-electron chi connectivity index (χ2n) is 3.07. The summed E-state index contributed by atoms with van der Waals surface area (Å²) in [5, 5.41) is 2.73. The van der Waals surface area contributed by atoms with Crippen LogP contribution < -0.4 is 5.32 Å². The van der Waals surface area contributed by atoms with E-state index in [1.54, 1.807) is 0 Å². The molecule has 0 bridgehead atoms.